The van der Waals surface area contributed by atoms with Gasteiger partial charge in [0.1, 0.15) is 0 Å². The maximum atomic E-state index is 10.6. The number of aliphatic hydroxyl groups is 1. The van der Waals surface area contributed by atoms with Crippen LogP contribution < -0.4 is 9.47 Å². The molecule has 1 aliphatic carbocycles. The molecule has 0 radical (unpaired) electrons. The minimum absolute atomic E-state index is 0.0844. The van der Waals surface area contributed by atoms with E-state index in [-0.39, 0.29) is 11.5 Å². The molecule has 0 amide bonds. The van der Waals surface area contributed by atoms with Gasteiger partial charge in [-0.15, -0.1) is 0 Å². The zero-order valence-electron chi connectivity index (χ0n) is 16.4. The van der Waals surface area contributed by atoms with Crippen molar-refractivity contribution in [2.75, 3.05) is 46.6 Å². The van der Waals surface area contributed by atoms with Crippen LogP contribution >= 0.6 is 10.0 Å². The van der Waals surface area contributed by atoms with Crippen molar-refractivity contribution in [3.63, 3.8) is 0 Å². The van der Waals surface area contributed by atoms with Crippen molar-refractivity contribution < 1.29 is 14.6 Å². The minimum atomic E-state index is -0.837. The van der Waals surface area contributed by atoms with Gasteiger partial charge in [0.25, 0.3) is 0 Å². The maximum Gasteiger partial charge on any atom is 0.161 e. The Kier molecular flexibility index (Phi) is 5.04. The Bertz CT molecular complexity index is 630. The molecule has 25 heavy (non-hydrogen) atoms. The SMILES string of the molecule is COc1ccc([C@]23CCN(C)[C@H]2C[C@H](O)C[C@@H]3S(C)(C)C)cc1OC. The maximum absolute atomic E-state index is 10.6. The third-order valence-corrected chi connectivity index (χ3v) is 8.66. The third-order valence-electron chi connectivity index (χ3n) is 6.34. The lowest BCUT2D eigenvalue weighted by Crippen LogP contribution is -2.56. The van der Waals surface area contributed by atoms with E-state index in [0.29, 0.717) is 11.3 Å². The van der Waals surface area contributed by atoms with Crippen molar-refractivity contribution in [1.29, 1.82) is 0 Å². The van der Waals surface area contributed by atoms with E-state index in [1.165, 1.54) is 5.56 Å². The topological polar surface area (TPSA) is 41.9 Å². The molecule has 2 aliphatic rings. The summed E-state index contributed by atoms with van der Waals surface area (Å²) >= 11 is 0. The lowest BCUT2D eigenvalue weighted by molar-refractivity contribution is 0.0603. The molecule has 1 saturated carbocycles. The average Bonchev–Trinajstić information content (AvgIpc) is 2.90. The van der Waals surface area contributed by atoms with Gasteiger partial charge >= 0.3 is 0 Å². The summed E-state index contributed by atoms with van der Waals surface area (Å²) in [7, 11) is 4.76. The molecule has 1 N–H and O–H groups in total. The second kappa shape index (κ2) is 6.67. The Morgan fingerprint density at radius 2 is 1.80 bits per heavy atom. The van der Waals surface area contributed by atoms with Gasteiger partial charge in [-0.3, -0.25) is 0 Å². The molecule has 3 rings (SSSR count). The van der Waals surface area contributed by atoms with Gasteiger partial charge in [0.15, 0.2) is 11.5 Å². The zero-order valence-corrected chi connectivity index (χ0v) is 17.2. The van der Waals surface area contributed by atoms with E-state index in [1.54, 1.807) is 14.2 Å². The van der Waals surface area contributed by atoms with Gasteiger partial charge in [-0.05, 0) is 69.3 Å². The number of hydrogen-bond acceptors (Lipinski definition) is 4. The number of likely N-dealkylation sites (N-methyl/N-ethyl adjacent to an activating group) is 1. The second-order valence-electron chi connectivity index (χ2n) is 8.40. The van der Waals surface area contributed by atoms with E-state index in [4.69, 9.17) is 9.47 Å². The lowest BCUT2D eigenvalue weighted by Gasteiger charge is -2.55. The van der Waals surface area contributed by atoms with Crippen LogP contribution in [0.5, 0.6) is 11.5 Å². The first-order chi connectivity index (χ1) is 11.7. The average molecular weight is 368 g/mol. The largest absolute Gasteiger partial charge is 0.493 e. The van der Waals surface area contributed by atoms with E-state index in [2.05, 4.69) is 42.8 Å². The quantitative estimate of drug-likeness (QED) is 0.889. The number of hydrogen-bond donors (Lipinski definition) is 1. The Hall–Kier alpha value is -0.910. The fourth-order valence-corrected chi connectivity index (χ4v) is 7.69. The number of ether oxygens (including phenoxy) is 2. The molecule has 4 nitrogen and oxygen atoms in total. The third kappa shape index (κ3) is 3.04. The normalized spacial score (nSPS) is 33.8. The summed E-state index contributed by atoms with van der Waals surface area (Å²) in [6.07, 6.45) is 9.89. The van der Waals surface area contributed by atoms with Crippen molar-refractivity contribution in [2.24, 2.45) is 0 Å². The highest BCUT2D eigenvalue weighted by atomic mass is 32.3. The Morgan fingerprint density at radius 3 is 2.40 bits per heavy atom. The van der Waals surface area contributed by atoms with E-state index >= 15 is 0 Å². The first-order valence-electron chi connectivity index (χ1n) is 9.02. The van der Waals surface area contributed by atoms with Gasteiger partial charge in [0, 0.05) is 16.7 Å². The van der Waals surface area contributed by atoms with Gasteiger partial charge in [-0.25, -0.2) is 10.0 Å². The van der Waals surface area contributed by atoms with Crippen molar-refractivity contribution in [3.8, 4) is 11.5 Å². The summed E-state index contributed by atoms with van der Waals surface area (Å²) < 4.78 is 11.1. The van der Waals surface area contributed by atoms with E-state index in [1.807, 2.05) is 6.07 Å². The molecular formula is C20H33NO3S. The summed E-state index contributed by atoms with van der Waals surface area (Å²) in [6, 6.07) is 6.83. The molecule has 0 aromatic heterocycles. The molecule has 1 saturated heterocycles. The fraction of sp³-hybridized carbons (Fsp3) is 0.700. The molecule has 1 aromatic rings. The highest BCUT2D eigenvalue weighted by Gasteiger charge is 2.57. The van der Waals surface area contributed by atoms with E-state index in [9.17, 15) is 5.11 Å². The summed E-state index contributed by atoms with van der Waals surface area (Å²) in [5.74, 6) is 1.58. The molecule has 4 atom stereocenters. The predicted molar refractivity (Wildman–Crippen MR) is 107 cm³/mol. The summed E-state index contributed by atoms with van der Waals surface area (Å²) in [6.45, 7) is 1.08. The van der Waals surface area contributed by atoms with Crippen LogP contribution in [-0.4, -0.2) is 74.0 Å². The molecule has 0 spiro atoms. The molecular weight excluding hydrogens is 334 g/mol. The van der Waals surface area contributed by atoms with Crippen LogP contribution in [-0.2, 0) is 5.41 Å². The highest BCUT2D eigenvalue weighted by molar-refractivity contribution is 8.32. The summed E-state index contributed by atoms with van der Waals surface area (Å²) in [5, 5.41) is 11.1. The van der Waals surface area contributed by atoms with E-state index in [0.717, 1.165) is 37.3 Å². The van der Waals surface area contributed by atoms with Gasteiger partial charge in [0.05, 0.1) is 20.3 Å². The smallest absolute Gasteiger partial charge is 0.161 e. The van der Waals surface area contributed by atoms with Crippen LogP contribution in [0.3, 0.4) is 0 Å². The second-order valence-corrected chi connectivity index (χ2v) is 12.8. The Labute approximate surface area is 153 Å². The van der Waals surface area contributed by atoms with Gasteiger partial charge in [0.2, 0.25) is 0 Å². The molecule has 1 aliphatic heterocycles. The first-order valence-corrected chi connectivity index (χ1v) is 11.9. The molecule has 142 valence electrons. The Balaban J connectivity index is 2.16. The van der Waals surface area contributed by atoms with E-state index < -0.39 is 10.0 Å². The Morgan fingerprint density at radius 1 is 1.12 bits per heavy atom. The zero-order chi connectivity index (χ0) is 18.4. The lowest BCUT2D eigenvalue weighted by atomic mass is 9.65. The van der Waals surface area contributed by atoms with Crippen LogP contribution in [0.4, 0.5) is 0 Å². The van der Waals surface area contributed by atoms with Crippen LogP contribution in [0.25, 0.3) is 0 Å². The van der Waals surface area contributed by atoms with Crippen molar-refractivity contribution in [2.45, 2.75) is 42.1 Å². The molecule has 1 aromatic carbocycles. The first kappa shape index (κ1) is 18.9. The number of likely N-dealkylation sites (tertiary alicyclic amines) is 1. The van der Waals surface area contributed by atoms with Gasteiger partial charge in [-0.1, -0.05) is 6.07 Å². The molecule has 0 unspecified atom stereocenters. The number of benzene rings is 1. The molecule has 2 fully saturated rings. The van der Waals surface area contributed by atoms with Crippen LogP contribution in [0.1, 0.15) is 24.8 Å². The minimum Gasteiger partial charge on any atom is -0.493 e. The van der Waals surface area contributed by atoms with Crippen LogP contribution in [0, 0.1) is 0 Å². The summed E-state index contributed by atoms with van der Waals surface area (Å²) in [4.78, 5) is 2.46. The predicted octanol–water partition coefficient (Wildman–Crippen LogP) is 2.86. The van der Waals surface area contributed by atoms with Crippen LogP contribution in [0.15, 0.2) is 18.2 Å². The standard InChI is InChI=1S/C20H33NO3S/c1-21-10-9-20(14-7-8-16(23-2)17(11-14)24-3)18(21)12-15(22)13-19(20)25(4,5)6/h7-8,11,15,18-19,22H,9-10,12-13H2,1-6H3/t15-,18-,19-,20+/m0/s1. The van der Waals surface area contributed by atoms with Crippen molar-refractivity contribution in [3.05, 3.63) is 23.8 Å². The molecule has 5 heteroatoms. The number of nitrogens with zero attached hydrogens (tertiary/aromatic N) is 1. The molecule has 0 bridgehead atoms. The summed E-state index contributed by atoms with van der Waals surface area (Å²) in [5.41, 5.74) is 1.43. The van der Waals surface area contributed by atoms with Crippen LogP contribution in [0.2, 0.25) is 0 Å². The van der Waals surface area contributed by atoms with Crippen molar-refractivity contribution >= 4 is 10.0 Å². The number of methoxy groups -OCH3 is 2. The van der Waals surface area contributed by atoms with Gasteiger partial charge < -0.3 is 19.5 Å². The number of rotatable bonds is 4. The number of aliphatic hydroxyl groups excluding tert-OH is 1. The van der Waals surface area contributed by atoms with Gasteiger partial charge in [-0.2, -0.15) is 0 Å². The van der Waals surface area contributed by atoms with Crippen molar-refractivity contribution in [1.82, 2.24) is 4.90 Å². The molecule has 1 heterocycles. The highest BCUT2D eigenvalue weighted by Crippen LogP contribution is 2.61. The monoisotopic (exact) mass is 367 g/mol. The fourth-order valence-electron chi connectivity index (χ4n) is 5.22. The number of fused-ring (bicyclic) bond motifs is 1.